The van der Waals surface area contributed by atoms with E-state index in [-0.39, 0.29) is 11.8 Å². The zero-order valence-corrected chi connectivity index (χ0v) is 13.3. The quantitative estimate of drug-likeness (QED) is 0.910. The van der Waals surface area contributed by atoms with Gasteiger partial charge in [0.15, 0.2) is 5.13 Å². The number of nitrogens with zero attached hydrogens (tertiary/aromatic N) is 1. The lowest BCUT2D eigenvalue weighted by atomic mass is 9.99. The maximum absolute atomic E-state index is 12.2. The van der Waals surface area contributed by atoms with Crippen molar-refractivity contribution in [2.75, 3.05) is 25.5 Å². The van der Waals surface area contributed by atoms with Gasteiger partial charge in [-0.25, -0.2) is 4.98 Å². The van der Waals surface area contributed by atoms with Gasteiger partial charge in [-0.05, 0) is 31.5 Å². The molecule has 0 spiro atoms. The number of benzene rings is 1. The van der Waals surface area contributed by atoms with Crippen molar-refractivity contribution in [3.05, 3.63) is 29.6 Å². The Morgan fingerprint density at radius 2 is 2.32 bits per heavy atom. The van der Waals surface area contributed by atoms with E-state index in [0.717, 1.165) is 42.9 Å². The van der Waals surface area contributed by atoms with E-state index in [1.54, 1.807) is 7.11 Å². The van der Waals surface area contributed by atoms with Crippen LogP contribution in [0, 0.1) is 5.92 Å². The summed E-state index contributed by atoms with van der Waals surface area (Å²) in [5.74, 6) is 0.864. The lowest BCUT2D eigenvalue weighted by molar-refractivity contribution is -0.120. The molecule has 1 aromatic heterocycles. The highest BCUT2D eigenvalue weighted by Crippen LogP contribution is 2.32. The van der Waals surface area contributed by atoms with Crippen LogP contribution in [-0.4, -0.2) is 31.1 Å². The van der Waals surface area contributed by atoms with Gasteiger partial charge >= 0.3 is 0 Å². The van der Waals surface area contributed by atoms with Crippen LogP contribution < -0.4 is 15.4 Å². The van der Waals surface area contributed by atoms with Crippen molar-refractivity contribution >= 4 is 22.4 Å². The molecule has 5 nitrogen and oxygen atoms in total. The molecule has 0 bridgehead atoms. The Kier molecular flexibility index (Phi) is 4.70. The first-order valence-electron chi connectivity index (χ1n) is 7.38. The van der Waals surface area contributed by atoms with Crippen molar-refractivity contribution in [1.82, 2.24) is 10.3 Å². The van der Waals surface area contributed by atoms with E-state index in [9.17, 15) is 4.79 Å². The molecule has 0 aliphatic carbocycles. The molecule has 1 unspecified atom stereocenters. The van der Waals surface area contributed by atoms with E-state index < -0.39 is 0 Å². The molecular formula is C16H19N3O2S. The molecule has 1 aliphatic heterocycles. The molecule has 3 rings (SSSR count). The average molecular weight is 317 g/mol. The number of hydrogen-bond donors (Lipinski definition) is 2. The molecule has 2 N–H and O–H groups in total. The molecule has 2 aromatic rings. The second kappa shape index (κ2) is 6.89. The molecule has 1 atom stereocenters. The number of thiazole rings is 1. The minimum atomic E-state index is 0.0346. The maximum atomic E-state index is 12.2. The molecule has 0 saturated carbocycles. The van der Waals surface area contributed by atoms with E-state index in [2.05, 4.69) is 15.6 Å². The summed E-state index contributed by atoms with van der Waals surface area (Å²) in [4.78, 5) is 16.7. The van der Waals surface area contributed by atoms with E-state index in [4.69, 9.17) is 4.74 Å². The monoisotopic (exact) mass is 317 g/mol. The van der Waals surface area contributed by atoms with E-state index >= 15 is 0 Å². The van der Waals surface area contributed by atoms with Crippen LogP contribution in [0.5, 0.6) is 5.75 Å². The summed E-state index contributed by atoms with van der Waals surface area (Å²) in [7, 11) is 1.64. The zero-order chi connectivity index (χ0) is 15.4. The van der Waals surface area contributed by atoms with Gasteiger partial charge in [0.05, 0.1) is 18.7 Å². The largest absolute Gasteiger partial charge is 0.496 e. The summed E-state index contributed by atoms with van der Waals surface area (Å²) >= 11 is 1.44. The number of carbonyl (C=O) groups excluding carboxylic acids is 1. The number of amides is 1. The van der Waals surface area contributed by atoms with E-state index in [1.807, 2.05) is 29.6 Å². The number of piperidine rings is 1. The number of anilines is 1. The second-order valence-corrected chi connectivity index (χ2v) is 6.13. The van der Waals surface area contributed by atoms with Crippen LogP contribution >= 0.6 is 11.3 Å². The number of para-hydroxylation sites is 1. The number of ether oxygens (including phenoxy) is 1. The number of nitrogens with one attached hydrogen (secondary N) is 2. The molecule has 0 radical (unpaired) electrons. The highest BCUT2D eigenvalue weighted by Gasteiger charge is 2.21. The van der Waals surface area contributed by atoms with Crippen molar-refractivity contribution in [3.8, 4) is 17.0 Å². The van der Waals surface area contributed by atoms with Gasteiger partial charge in [0.1, 0.15) is 5.75 Å². The lowest BCUT2D eigenvalue weighted by Gasteiger charge is -2.21. The Hall–Kier alpha value is -1.92. The van der Waals surface area contributed by atoms with Gasteiger partial charge in [-0.15, -0.1) is 11.3 Å². The summed E-state index contributed by atoms with van der Waals surface area (Å²) in [6.07, 6.45) is 1.98. The third-order valence-corrected chi connectivity index (χ3v) is 4.54. The van der Waals surface area contributed by atoms with Crippen molar-refractivity contribution in [3.63, 3.8) is 0 Å². The van der Waals surface area contributed by atoms with Gasteiger partial charge in [-0.2, -0.15) is 0 Å². The second-order valence-electron chi connectivity index (χ2n) is 5.27. The Morgan fingerprint density at radius 3 is 3.09 bits per heavy atom. The van der Waals surface area contributed by atoms with Gasteiger partial charge in [-0.1, -0.05) is 12.1 Å². The number of methoxy groups -OCH3 is 1. The number of carbonyl (C=O) groups is 1. The first kappa shape index (κ1) is 15.0. The topological polar surface area (TPSA) is 63.2 Å². The van der Waals surface area contributed by atoms with Gasteiger partial charge in [0.25, 0.3) is 0 Å². The normalized spacial score (nSPS) is 18.0. The molecule has 6 heteroatoms. The Balaban J connectivity index is 1.72. The van der Waals surface area contributed by atoms with Crippen LogP contribution in [0.4, 0.5) is 5.13 Å². The molecule has 2 heterocycles. The molecule has 1 saturated heterocycles. The van der Waals surface area contributed by atoms with Crippen LogP contribution in [0.3, 0.4) is 0 Å². The molecular weight excluding hydrogens is 298 g/mol. The van der Waals surface area contributed by atoms with Gasteiger partial charge in [-0.3, -0.25) is 4.79 Å². The first-order valence-corrected chi connectivity index (χ1v) is 8.26. The molecule has 1 aromatic carbocycles. The summed E-state index contributed by atoms with van der Waals surface area (Å²) in [6.45, 7) is 1.75. The van der Waals surface area contributed by atoms with E-state index in [1.165, 1.54) is 11.3 Å². The first-order chi connectivity index (χ1) is 10.8. The zero-order valence-electron chi connectivity index (χ0n) is 12.5. The molecule has 1 fully saturated rings. The van der Waals surface area contributed by atoms with Gasteiger partial charge in [0, 0.05) is 17.5 Å². The predicted octanol–water partition coefficient (Wildman–Crippen LogP) is 2.76. The Bertz CT molecular complexity index is 650. The van der Waals surface area contributed by atoms with Crippen LogP contribution in [0.2, 0.25) is 0 Å². The van der Waals surface area contributed by atoms with Crippen LogP contribution in [0.25, 0.3) is 11.3 Å². The standard InChI is InChI=1S/C16H19N3O2S/c1-21-14-7-3-2-6-12(14)13-10-22-16(18-13)19-15(20)11-5-4-8-17-9-11/h2-3,6-7,10-11,17H,4-5,8-9H2,1H3,(H,18,19,20). The number of hydrogen-bond acceptors (Lipinski definition) is 5. The van der Waals surface area contributed by atoms with Crippen molar-refractivity contribution < 1.29 is 9.53 Å². The predicted molar refractivity (Wildman–Crippen MR) is 88.3 cm³/mol. The fourth-order valence-corrected chi connectivity index (χ4v) is 3.31. The lowest BCUT2D eigenvalue weighted by Crippen LogP contribution is -2.37. The van der Waals surface area contributed by atoms with Crippen molar-refractivity contribution in [1.29, 1.82) is 0 Å². The fourth-order valence-electron chi connectivity index (χ4n) is 2.59. The average Bonchev–Trinajstić information content (AvgIpc) is 3.04. The van der Waals surface area contributed by atoms with E-state index in [0.29, 0.717) is 5.13 Å². The van der Waals surface area contributed by atoms with Crippen LogP contribution in [-0.2, 0) is 4.79 Å². The molecule has 1 amide bonds. The number of rotatable bonds is 4. The fraction of sp³-hybridized carbons (Fsp3) is 0.375. The third-order valence-electron chi connectivity index (χ3n) is 3.78. The minimum Gasteiger partial charge on any atom is -0.496 e. The summed E-state index contributed by atoms with van der Waals surface area (Å²) < 4.78 is 5.35. The molecule has 116 valence electrons. The molecule has 22 heavy (non-hydrogen) atoms. The van der Waals surface area contributed by atoms with Gasteiger partial charge in [0.2, 0.25) is 5.91 Å². The van der Waals surface area contributed by atoms with Crippen LogP contribution in [0.1, 0.15) is 12.8 Å². The smallest absolute Gasteiger partial charge is 0.230 e. The SMILES string of the molecule is COc1ccccc1-c1csc(NC(=O)C2CCCNC2)n1. The summed E-state index contributed by atoms with van der Waals surface area (Å²) in [5.41, 5.74) is 1.75. The van der Waals surface area contributed by atoms with Crippen LogP contribution in [0.15, 0.2) is 29.6 Å². The van der Waals surface area contributed by atoms with Crippen molar-refractivity contribution in [2.24, 2.45) is 5.92 Å². The number of aromatic nitrogens is 1. The highest BCUT2D eigenvalue weighted by atomic mass is 32.1. The Labute approximate surface area is 133 Å². The third kappa shape index (κ3) is 3.28. The Morgan fingerprint density at radius 1 is 1.45 bits per heavy atom. The molecule has 1 aliphatic rings. The summed E-state index contributed by atoms with van der Waals surface area (Å²) in [5, 5.41) is 8.75. The van der Waals surface area contributed by atoms with Gasteiger partial charge < -0.3 is 15.4 Å². The summed E-state index contributed by atoms with van der Waals surface area (Å²) in [6, 6.07) is 7.74. The maximum Gasteiger partial charge on any atom is 0.230 e. The highest BCUT2D eigenvalue weighted by molar-refractivity contribution is 7.14. The van der Waals surface area contributed by atoms with Crippen molar-refractivity contribution in [2.45, 2.75) is 12.8 Å². The minimum absolute atomic E-state index is 0.0346.